The lowest BCUT2D eigenvalue weighted by atomic mass is 10.2. The number of nitrogens with two attached hydrogens (primary N) is 1. The van der Waals surface area contributed by atoms with E-state index in [1.165, 1.54) is 12.4 Å². The Hall–Kier alpha value is -1.14. The summed E-state index contributed by atoms with van der Waals surface area (Å²) in [5, 5.41) is 19.5. The molecule has 11 heavy (non-hydrogen) atoms. The Morgan fingerprint density at radius 1 is 1.64 bits per heavy atom. The van der Waals surface area contributed by atoms with E-state index >= 15 is 0 Å². The molecule has 5 N–H and O–H groups in total. The van der Waals surface area contributed by atoms with Gasteiger partial charge in [0.05, 0.1) is 13.0 Å². The van der Waals surface area contributed by atoms with E-state index in [2.05, 4.69) is 0 Å². The maximum absolute atomic E-state index is 10.1. The van der Waals surface area contributed by atoms with Crippen LogP contribution in [0.15, 0.2) is 0 Å². The van der Waals surface area contributed by atoms with Crippen LogP contribution in [0.25, 0.3) is 0 Å². The van der Waals surface area contributed by atoms with Crippen LogP contribution in [0.3, 0.4) is 0 Å². The third kappa shape index (κ3) is 5.31. The van der Waals surface area contributed by atoms with Gasteiger partial charge in [0.25, 0.3) is 0 Å². The first kappa shape index (κ1) is 12.5. The SMILES string of the molecule is C[NH2+][C@@H](CC(=O)O)C(=O)[O-].O. The number of carboxylic acid groups (broad SMARTS) is 2. The summed E-state index contributed by atoms with van der Waals surface area (Å²) in [5.74, 6) is -2.47. The molecule has 0 unspecified atom stereocenters. The van der Waals surface area contributed by atoms with E-state index in [9.17, 15) is 14.7 Å². The Morgan fingerprint density at radius 3 is 2.18 bits per heavy atom. The second-order valence-corrected chi connectivity index (χ2v) is 1.86. The van der Waals surface area contributed by atoms with Crippen molar-refractivity contribution in [1.82, 2.24) is 0 Å². The number of carbonyl (C=O) groups is 2. The molecule has 0 spiro atoms. The summed E-state index contributed by atoms with van der Waals surface area (Å²) < 4.78 is 0. The van der Waals surface area contributed by atoms with E-state index in [1.54, 1.807) is 0 Å². The van der Waals surface area contributed by atoms with E-state index in [0.717, 1.165) is 0 Å². The quantitative estimate of drug-likeness (QED) is 0.439. The molecule has 0 bridgehead atoms. The molecule has 0 saturated carbocycles. The summed E-state index contributed by atoms with van der Waals surface area (Å²) in [6, 6.07) is -0.975. The summed E-state index contributed by atoms with van der Waals surface area (Å²) in [4.78, 5) is 20.0. The summed E-state index contributed by atoms with van der Waals surface area (Å²) in [6.07, 6.45) is -0.404. The van der Waals surface area contributed by atoms with Gasteiger partial charge in [-0.1, -0.05) is 0 Å². The highest BCUT2D eigenvalue weighted by Crippen LogP contribution is 1.82. The van der Waals surface area contributed by atoms with Crippen molar-refractivity contribution in [3.05, 3.63) is 0 Å². The standard InChI is InChI=1S/C5H9NO4.H2O/c1-6-3(5(9)10)2-4(7)8;/h3,6H,2H2,1H3,(H,7,8)(H,9,10);1H2/t3-;/m0./s1. The molecule has 6 nitrogen and oxygen atoms in total. The largest absolute Gasteiger partial charge is 0.544 e. The fourth-order valence-electron chi connectivity index (χ4n) is 0.525. The predicted molar refractivity (Wildman–Crippen MR) is 32.5 cm³/mol. The van der Waals surface area contributed by atoms with Gasteiger partial charge in [0.1, 0.15) is 12.5 Å². The first-order chi connectivity index (χ1) is 4.57. The molecule has 0 saturated heterocycles. The number of hydrogen-bond acceptors (Lipinski definition) is 3. The second kappa shape index (κ2) is 5.63. The van der Waals surface area contributed by atoms with Crippen LogP contribution in [-0.4, -0.2) is 35.6 Å². The Bertz CT molecular complexity index is 146. The van der Waals surface area contributed by atoms with E-state index < -0.39 is 24.4 Å². The van der Waals surface area contributed by atoms with Gasteiger partial charge in [-0.3, -0.25) is 4.79 Å². The molecular formula is C5H11NO5. The Morgan fingerprint density at radius 2 is 2.09 bits per heavy atom. The van der Waals surface area contributed by atoms with Crippen LogP contribution in [0, 0.1) is 0 Å². The number of aliphatic carboxylic acids is 2. The molecular weight excluding hydrogens is 154 g/mol. The van der Waals surface area contributed by atoms with Gasteiger partial charge in [-0.05, 0) is 0 Å². The van der Waals surface area contributed by atoms with Crippen LogP contribution in [0.4, 0.5) is 0 Å². The number of hydrogen-bond donors (Lipinski definition) is 2. The number of quaternary nitrogens is 1. The topological polar surface area (TPSA) is 126 Å². The average Bonchev–Trinajstić information content (AvgIpc) is 1.81. The van der Waals surface area contributed by atoms with E-state index in [4.69, 9.17) is 5.11 Å². The van der Waals surface area contributed by atoms with Crippen molar-refractivity contribution in [2.24, 2.45) is 0 Å². The van der Waals surface area contributed by atoms with Gasteiger partial charge in [0, 0.05) is 0 Å². The number of carbonyl (C=O) groups excluding carboxylic acids is 1. The van der Waals surface area contributed by atoms with Crippen molar-refractivity contribution in [2.45, 2.75) is 12.5 Å². The molecule has 6 heteroatoms. The maximum Gasteiger partial charge on any atom is 0.309 e. The first-order valence-electron chi connectivity index (χ1n) is 2.80. The van der Waals surface area contributed by atoms with Gasteiger partial charge in [-0.15, -0.1) is 0 Å². The average molecular weight is 165 g/mol. The van der Waals surface area contributed by atoms with Gasteiger partial charge < -0.3 is 25.8 Å². The predicted octanol–water partition coefficient (Wildman–Crippen LogP) is -4.05. The Balaban J connectivity index is 0. The Labute approximate surface area is 63.1 Å². The molecule has 0 heterocycles. The molecule has 0 rings (SSSR count). The van der Waals surface area contributed by atoms with Gasteiger partial charge in [0.2, 0.25) is 0 Å². The van der Waals surface area contributed by atoms with Crippen molar-refractivity contribution < 1.29 is 30.6 Å². The molecule has 0 aromatic carbocycles. The van der Waals surface area contributed by atoms with E-state index in [0.29, 0.717) is 0 Å². The van der Waals surface area contributed by atoms with Crippen molar-refractivity contribution in [2.75, 3.05) is 7.05 Å². The smallest absolute Gasteiger partial charge is 0.309 e. The van der Waals surface area contributed by atoms with Crippen LogP contribution in [-0.2, 0) is 9.59 Å². The third-order valence-electron chi connectivity index (χ3n) is 1.10. The fraction of sp³-hybridized carbons (Fsp3) is 0.600. The molecule has 66 valence electrons. The molecule has 0 aliphatic rings. The highest BCUT2D eigenvalue weighted by atomic mass is 16.4. The van der Waals surface area contributed by atoms with Crippen LogP contribution in [0.2, 0.25) is 0 Å². The molecule has 1 atom stereocenters. The lowest BCUT2D eigenvalue weighted by Crippen LogP contribution is -2.89. The van der Waals surface area contributed by atoms with Crippen molar-refractivity contribution >= 4 is 11.9 Å². The van der Waals surface area contributed by atoms with Crippen LogP contribution in [0.5, 0.6) is 0 Å². The van der Waals surface area contributed by atoms with Gasteiger partial charge in [-0.25, -0.2) is 0 Å². The summed E-state index contributed by atoms with van der Waals surface area (Å²) in [5.41, 5.74) is 0. The normalized spacial score (nSPS) is 11.4. The Kier molecular flexibility index (Phi) is 6.41. The van der Waals surface area contributed by atoms with Crippen molar-refractivity contribution in [3.63, 3.8) is 0 Å². The van der Waals surface area contributed by atoms with Gasteiger partial charge in [-0.2, -0.15) is 0 Å². The molecule has 0 radical (unpaired) electrons. The fourth-order valence-corrected chi connectivity index (χ4v) is 0.525. The van der Waals surface area contributed by atoms with Crippen molar-refractivity contribution in [3.8, 4) is 0 Å². The molecule has 0 aromatic heterocycles. The van der Waals surface area contributed by atoms with E-state index in [1.807, 2.05) is 0 Å². The maximum atomic E-state index is 10.1. The molecule has 0 aromatic rings. The lowest BCUT2D eigenvalue weighted by molar-refractivity contribution is -0.657. The minimum absolute atomic E-state index is 0. The lowest BCUT2D eigenvalue weighted by Gasteiger charge is -2.10. The summed E-state index contributed by atoms with van der Waals surface area (Å²) in [6.45, 7) is 0. The highest BCUT2D eigenvalue weighted by Gasteiger charge is 2.14. The molecule has 0 amide bonds. The summed E-state index contributed by atoms with van der Waals surface area (Å²) in [7, 11) is 1.49. The van der Waals surface area contributed by atoms with E-state index in [-0.39, 0.29) is 5.48 Å². The number of carboxylic acids is 2. The second-order valence-electron chi connectivity index (χ2n) is 1.86. The monoisotopic (exact) mass is 165 g/mol. The molecule has 0 fully saturated rings. The minimum Gasteiger partial charge on any atom is -0.544 e. The number of rotatable bonds is 4. The number of likely N-dealkylation sites (N-methyl/N-ethyl adjacent to an activating group) is 1. The zero-order valence-corrected chi connectivity index (χ0v) is 6.03. The van der Waals surface area contributed by atoms with Crippen LogP contribution < -0.4 is 10.4 Å². The van der Waals surface area contributed by atoms with Gasteiger partial charge in [0.15, 0.2) is 0 Å². The first-order valence-corrected chi connectivity index (χ1v) is 2.80. The zero-order chi connectivity index (χ0) is 8.15. The molecule has 0 aliphatic carbocycles. The summed E-state index contributed by atoms with van der Waals surface area (Å²) >= 11 is 0. The molecule has 0 aliphatic heterocycles. The van der Waals surface area contributed by atoms with Crippen LogP contribution >= 0.6 is 0 Å². The van der Waals surface area contributed by atoms with Crippen LogP contribution in [0.1, 0.15) is 6.42 Å². The van der Waals surface area contributed by atoms with Gasteiger partial charge >= 0.3 is 5.97 Å². The third-order valence-corrected chi connectivity index (χ3v) is 1.10. The zero-order valence-electron chi connectivity index (χ0n) is 6.03. The van der Waals surface area contributed by atoms with Crippen molar-refractivity contribution in [1.29, 1.82) is 0 Å². The minimum atomic E-state index is -1.34. The highest BCUT2D eigenvalue weighted by molar-refractivity contribution is 5.77.